The first kappa shape index (κ1) is 19.5. The van der Waals surface area contributed by atoms with Gasteiger partial charge in [-0.3, -0.25) is 0 Å². The predicted molar refractivity (Wildman–Crippen MR) is 99.4 cm³/mol. The zero-order valence-electron chi connectivity index (χ0n) is 14.3. The second-order valence-electron chi connectivity index (χ2n) is 5.83. The van der Waals surface area contributed by atoms with Gasteiger partial charge in [-0.1, -0.05) is 24.3 Å². The van der Waals surface area contributed by atoms with E-state index in [9.17, 15) is 21.6 Å². The van der Waals surface area contributed by atoms with E-state index in [-0.39, 0.29) is 22.0 Å². The maximum Gasteiger partial charge on any atom is 0.433 e. The normalized spacial score (nSPS) is 12.3. The summed E-state index contributed by atoms with van der Waals surface area (Å²) in [6.07, 6.45) is -1.69. The molecular formula is C18H15F3N2O2S2. The van der Waals surface area contributed by atoms with Crippen molar-refractivity contribution in [2.45, 2.75) is 16.0 Å². The largest absolute Gasteiger partial charge is 0.433 e. The molecule has 27 heavy (non-hydrogen) atoms. The van der Waals surface area contributed by atoms with Crippen molar-refractivity contribution in [2.75, 3.05) is 12.5 Å². The molecule has 9 heteroatoms. The standard InChI is InChI=1S/C18H15F3N2O2S2/c1-26-13-7-3-12(4-8-13)17-22-15(16(23-17)18(19,20)21)11-5-9-14(10-6-11)27(2,24)25/h3-10H,1-2H3,(H,22,23). The number of benzene rings is 2. The summed E-state index contributed by atoms with van der Waals surface area (Å²) in [6, 6.07) is 12.2. The Morgan fingerprint density at radius 2 is 1.52 bits per heavy atom. The SMILES string of the molecule is CSc1ccc(-c2nc(-c3ccc(S(C)(=O)=O)cc3)c(C(F)(F)F)[nH]2)cc1. The van der Waals surface area contributed by atoms with Crippen LogP contribution in [0.1, 0.15) is 5.69 Å². The zero-order valence-corrected chi connectivity index (χ0v) is 16.0. The van der Waals surface area contributed by atoms with Crippen LogP contribution >= 0.6 is 11.8 Å². The molecule has 0 radical (unpaired) electrons. The number of aromatic amines is 1. The molecule has 1 N–H and O–H groups in total. The highest BCUT2D eigenvalue weighted by atomic mass is 32.2. The Morgan fingerprint density at radius 3 is 2.00 bits per heavy atom. The number of aromatic nitrogens is 2. The lowest BCUT2D eigenvalue weighted by molar-refractivity contribution is -0.140. The summed E-state index contributed by atoms with van der Waals surface area (Å²) < 4.78 is 63.5. The van der Waals surface area contributed by atoms with Gasteiger partial charge in [-0.2, -0.15) is 13.2 Å². The van der Waals surface area contributed by atoms with Crippen LogP contribution in [0.2, 0.25) is 0 Å². The van der Waals surface area contributed by atoms with E-state index < -0.39 is 21.7 Å². The third-order valence-corrected chi connectivity index (χ3v) is 5.78. The lowest BCUT2D eigenvalue weighted by atomic mass is 10.1. The van der Waals surface area contributed by atoms with Gasteiger partial charge >= 0.3 is 6.18 Å². The van der Waals surface area contributed by atoms with E-state index in [4.69, 9.17) is 0 Å². The number of alkyl halides is 3. The fraction of sp³-hybridized carbons (Fsp3) is 0.167. The lowest BCUT2D eigenvalue weighted by Gasteiger charge is -2.07. The molecule has 0 aliphatic heterocycles. The summed E-state index contributed by atoms with van der Waals surface area (Å²) in [5.74, 6) is 0.0946. The number of rotatable bonds is 4. The monoisotopic (exact) mass is 412 g/mol. The highest BCUT2D eigenvalue weighted by Crippen LogP contribution is 2.37. The number of nitrogens with one attached hydrogen (secondary N) is 1. The minimum atomic E-state index is -4.63. The molecule has 142 valence electrons. The van der Waals surface area contributed by atoms with E-state index >= 15 is 0 Å². The van der Waals surface area contributed by atoms with E-state index in [0.717, 1.165) is 11.2 Å². The van der Waals surface area contributed by atoms with E-state index in [2.05, 4.69) is 9.97 Å². The average Bonchev–Trinajstić information content (AvgIpc) is 3.07. The molecule has 0 amide bonds. The molecule has 1 aromatic heterocycles. The summed E-state index contributed by atoms with van der Waals surface area (Å²) in [4.78, 5) is 7.51. The minimum Gasteiger partial charge on any atom is -0.334 e. The summed E-state index contributed by atoms with van der Waals surface area (Å²) in [7, 11) is -3.44. The van der Waals surface area contributed by atoms with Gasteiger partial charge in [0.2, 0.25) is 0 Å². The van der Waals surface area contributed by atoms with Crippen LogP contribution in [-0.4, -0.2) is 30.9 Å². The van der Waals surface area contributed by atoms with Gasteiger partial charge in [-0.05, 0) is 30.5 Å². The molecular weight excluding hydrogens is 397 g/mol. The highest BCUT2D eigenvalue weighted by molar-refractivity contribution is 7.98. The van der Waals surface area contributed by atoms with Crippen LogP contribution in [0.4, 0.5) is 13.2 Å². The molecule has 2 aromatic carbocycles. The fourth-order valence-corrected chi connectivity index (χ4v) is 3.57. The van der Waals surface area contributed by atoms with Crippen LogP contribution < -0.4 is 0 Å². The van der Waals surface area contributed by atoms with Crippen LogP contribution in [0.3, 0.4) is 0 Å². The Balaban J connectivity index is 2.10. The summed E-state index contributed by atoms with van der Waals surface area (Å²) in [6.45, 7) is 0. The number of hydrogen-bond acceptors (Lipinski definition) is 4. The van der Waals surface area contributed by atoms with Crippen LogP contribution in [-0.2, 0) is 16.0 Å². The highest BCUT2D eigenvalue weighted by Gasteiger charge is 2.37. The maximum atomic E-state index is 13.5. The smallest absolute Gasteiger partial charge is 0.334 e. The Labute approximate surface area is 158 Å². The summed E-state index contributed by atoms with van der Waals surface area (Å²) in [5.41, 5.74) is -0.541. The molecule has 3 aromatic rings. The van der Waals surface area contributed by atoms with E-state index in [1.807, 2.05) is 6.26 Å². The topological polar surface area (TPSA) is 62.8 Å². The van der Waals surface area contributed by atoms with Crippen LogP contribution in [0.25, 0.3) is 22.6 Å². The van der Waals surface area contributed by atoms with Crippen molar-refractivity contribution in [1.29, 1.82) is 0 Å². The Hall–Kier alpha value is -2.26. The van der Waals surface area contributed by atoms with Crippen molar-refractivity contribution in [1.82, 2.24) is 9.97 Å². The molecule has 3 rings (SSSR count). The van der Waals surface area contributed by atoms with Gasteiger partial charge in [0.1, 0.15) is 17.2 Å². The van der Waals surface area contributed by atoms with Gasteiger partial charge in [0.15, 0.2) is 9.84 Å². The van der Waals surface area contributed by atoms with Crippen LogP contribution in [0.5, 0.6) is 0 Å². The number of nitrogens with zero attached hydrogens (tertiary/aromatic N) is 1. The van der Waals surface area contributed by atoms with Crippen molar-refractivity contribution in [3.05, 3.63) is 54.2 Å². The number of halogens is 3. The van der Waals surface area contributed by atoms with Crippen molar-refractivity contribution in [3.63, 3.8) is 0 Å². The van der Waals surface area contributed by atoms with E-state index in [1.54, 1.807) is 24.3 Å². The number of thioether (sulfide) groups is 1. The van der Waals surface area contributed by atoms with Crippen LogP contribution in [0.15, 0.2) is 58.3 Å². The van der Waals surface area contributed by atoms with Crippen molar-refractivity contribution in [3.8, 4) is 22.6 Å². The molecule has 0 spiro atoms. The molecule has 0 unspecified atom stereocenters. The molecule has 0 aliphatic carbocycles. The predicted octanol–water partition coefficient (Wildman–Crippen LogP) is 4.89. The second-order valence-corrected chi connectivity index (χ2v) is 8.73. The average molecular weight is 412 g/mol. The molecule has 0 fully saturated rings. The molecule has 4 nitrogen and oxygen atoms in total. The summed E-state index contributed by atoms with van der Waals surface area (Å²) in [5, 5.41) is 0. The third kappa shape index (κ3) is 4.19. The second kappa shape index (κ2) is 7.05. The van der Waals surface area contributed by atoms with E-state index in [1.165, 1.54) is 36.0 Å². The quantitative estimate of drug-likeness (QED) is 0.620. The Kier molecular flexibility index (Phi) is 5.09. The number of imidazole rings is 1. The Bertz CT molecular complexity index is 1060. The van der Waals surface area contributed by atoms with Crippen molar-refractivity contribution < 1.29 is 21.6 Å². The molecule has 0 aliphatic rings. The van der Waals surface area contributed by atoms with Gasteiger partial charge in [0.05, 0.1) is 4.90 Å². The molecule has 0 saturated carbocycles. The third-order valence-electron chi connectivity index (χ3n) is 3.91. The van der Waals surface area contributed by atoms with Crippen molar-refractivity contribution in [2.24, 2.45) is 0 Å². The van der Waals surface area contributed by atoms with Gasteiger partial charge in [0, 0.05) is 22.3 Å². The number of H-pyrrole nitrogens is 1. The first-order valence-corrected chi connectivity index (χ1v) is 10.8. The molecule has 0 saturated heterocycles. The zero-order chi connectivity index (χ0) is 19.8. The van der Waals surface area contributed by atoms with Gasteiger partial charge in [-0.25, -0.2) is 13.4 Å². The number of hydrogen-bond donors (Lipinski definition) is 1. The van der Waals surface area contributed by atoms with Crippen molar-refractivity contribution >= 4 is 21.6 Å². The Morgan fingerprint density at radius 1 is 0.963 bits per heavy atom. The van der Waals surface area contributed by atoms with Gasteiger partial charge in [0.25, 0.3) is 0 Å². The lowest BCUT2D eigenvalue weighted by Crippen LogP contribution is -2.07. The fourth-order valence-electron chi connectivity index (χ4n) is 2.53. The van der Waals surface area contributed by atoms with Crippen LogP contribution in [0, 0.1) is 0 Å². The van der Waals surface area contributed by atoms with Gasteiger partial charge < -0.3 is 4.98 Å². The van der Waals surface area contributed by atoms with E-state index in [0.29, 0.717) is 5.56 Å². The molecule has 0 atom stereocenters. The first-order chi connectivity index (χ1) is 12.6. The maximum absolute atomic E-state index is 13.5. The molecule has 0 bridgehead atoms. The minimum absolute atomic E-state index is 0.0308. The van der Waals surface area contributed by atoms with Gasteiger partial charge in [-0.15, -0.1) is 11.8 Å². The first-order valence-electron chi connectivity index (χ1n) is 7.71. The molecule has 1 heterocycles. The summed E-state index contributed by atoms with van der Waals surface area (Å²) >= 11 is 1.53. The number of sulfone groups is 1.